The Labute approximate surface area is 200 Å². The molecule has 0 atom stereocenters. The van der Waals surface area contributed by atoms with Gasteiger partial charge >= 0.3 is 0 Å². The van der Waals surface area contributed by atoms with Crippen molar-refractivity contribution in [1.82, 2.24) is 24.6 Å². The van der Waals surface area contributed by atoms with Gasteiger partial charge in [-0.25, -0.2) is 14.6 Å². The molecule has 0 spiro atoms. The van der Waals surface area contributed by atoms with E-state index in [9.17, 15) is 4.79 Å². The molecule has 0 unspecified atom stereocenters. The van der Waals surface area contributed by atoms with Crippen molar-refractivity contribution in [2.75, 3.05) is 31.1 Å². The minimum absolute atomic E-state index is 0.240. The van der Waals surface area contributed by atoms with Crippen molar-refractivity contribution in [2.45, 2.75) is 26.7 Å². The van der Waals surface area contributed by atoms with Crippen molar-refractivity contribution in [2.24, 2.45) is 5.92 Å². The summed E-state index contributed by atoms with van der Waals surface area (Å²) >= 11 is 0. The van der Waals surface area contributed by atoms with Crippen LogP contribution in [0.4, 0.5) is 5.82 Å². The van der Waals surface area contributed by atoms with Crippen LogP contribution in [0.5, 0.6) is 0 Å². The Kier molecular flexibility index (Phi) is 6.25. The van der Waals surface area contributed by atoms with Crippen molar-refractivity contribution in [3.63, 3.8) is 0 Å². The zero-order chi connectivity index (χ0) is 23.5. The Morgan fingerprint density at radius 1 is 0.912 bits per heavy atom. The third-order valence-corrected chi connectivity index (χ3v) is 6.18. The van der Waals surface area contributed by atoms with Gasteiger partial charge in [0.1, 0.15) is 11.6 Å². The first kappa shape index (κ1) is 22.1. The zero-order valence-corrected chi connectivity index (χ0v) is 19.8. The van der Waals surface area contributed by atoms with Crippen LogP contribution in [0.3, 0.4) is 0 Å². The van der Waals surface area contributed by atoms with E-state index >= 15 is 0 Å². The summed E-state index contributed by atoms with van der Waals surface area (Å²) in [6.45, 7) is 7.08. The number of carbonyl (C=O) groups is 1. The maximum atomic E-state index is 12.6. The van der Waals surface area contributed by atoms with Crippen LogP contribution in [0.1, 0.15) is 31.7 Å². The highest BCUT2D eigenvalue weighted by atomic mass is 16.2. The molecule has 3 heterocycles. The Morgan fingerprint density at radius 2 is 1.59 bits per heavy atom. The summed E-state index contributed by atoms with van der Waals surface area (Å²) in [7, 11) is 0. The fourth-order valence-electron chi connectivity index (χ4n) is 4.44. The number of benzene rings is 2. The van der Waals surface area contributed by atoms with Crippen molar-refractivity contribution < 1.29 is 4.79 Å². The minimum atomic E-state index is 0.240. The number of hydrogen-bond donors (Lipinski definition) is 0. The normalized spacial score (nSPS) is 14.2. The van der Waals surface area contributed by atoms with Crippen LogP contribution in [-0.2, 0) is 11.2 Å². The van der Waals surface area contributed by atoms with Crippen molar-refractivity contribution in [3.05, 3.63) is 78.2 Å². The van der Waals surface area contributed by atoms with Crippen LogP contribution in [0.25, 0.3) is 16.7 Å². The number of nitrogens with zero attached hydrogens (tertiary/aromatic N) is 6. The first-order valence-corrected chi connectivity index (χ1v) is 11.9. The van der Waals surface area contributed by atoms with Crippen LogP contribution >= 0.6 is 0 Å². The second kappa shape index (κ2) is 9.63. The number of aromatic nitrogens is 4. The van der Waals surface area contributed by atoms with Gasteiger partial charge in [-0.2, -0.15) is 5.10 Å². The molecular weight excluding hydrogens is 424 g/mol. The lowest BCUT2D eigenvalue weighted by atomic mass is 10.1. The van der Waals surface area contributed by atoms with Gasteiger partial charge in [-0.05, 0) is 23.6 Å². The molecule has 34 heavy (non-hydrogen) atoms. The second-order valence-electron chi connectivity index (χ2n) is 9.22. The number of anilines is 1. The highest BCUT2D eigenvalue weighted by molar-refractivity contribution is 5.88. The van der Waals surface area contributed by atoms with E-state index in [0.29, 0.717) is 31.8 Å². The van der Waals surface area contributed by atoms with Gasteiger partial charge in [0.05, 0.1) is 17.3 Å². The molecule has 0 bridgehead atoms. The third-order valence-electron chi connectivity index (χ3n) is 6.18. The molecule has 1 fully saturated rings. The molecule has 7 heteroatoms. The summed E-state index contributed by atoms with van der Waals surface area (Å²) in [5, 5.41) is 5.60. The van der Waals surface area contributed by atoms with E-state index in [-0.39, 0.29) is 5.91 Å². The number of fused-ring (bicyclic) bond motifs is 1. The fourth-order valence-corrected chi connectivity index (χ4v) is 4.44. The molecule has 1 aliphatic rings. The highest BCUT2D eigenvalue weighted by Gasteiger charge is 2.25. The van der Waals surface area contributed by atoms with Gasteiger partial charge in [0.2, 0.25) is 5.91 Å². The van der Waals surface area contributed by atoms with E-state index in [1.807, 2.05) is 64.3 Å². The molecule has 0 aliphatic carbocycles. The molecule has 0 saturated carbocycles. The third kappa shape index (κ3) is 4.64. The molecule has 1 amide bonds. The van der Waals surface area contributed by atoms with E-state index < -0.39 is 0 Å². The molecule has 2 aromatic heterocycles. The first-order chi connectivity index (χ1) is 16.6. The maximum absolute atomic E-state index is 12.6. The van der Waals surface area contributed by atoms with E-state index in [0.717, 1.165) is 41.5 Å². The van der Waals surface area contributed by atoms with E-state index in [1.165, 1.54) is 5.56 Å². The van der Waals surface area contributed by atoms with Gasteiger partial charge in [-0.1, -0.05) is 62.4 Å². The summed E-state index contributed by atoms with van der Waals surface area (Å²) in [5.41, 5.74) is 2.94. The number of para-hydroxylation sites is 1. The largest absolute Gasteiger partial charge is 0.352 e. The molecule has 4 aromatic rings. The number of hydrogen-bond acceptors (Lipinski definition) is 5. The van der Waals surface area contributed by atoms with Crippen LogP contribution < -0.4 is 4.90 Å². The molecule has 5 rings (SSSR count). The van der Waals surface area contributed by atoms with E-state index in [4.69, 9.17) is 9.97 Å². The summed E-state index contributed by atoms with van der Waals surface area (Å²) < 4.78 is 1.89. The molecular formula is C27H30N6O. The van der Waals surface area contributed by atoms with Gasteiger partial charge in [0.15, 0.2) is 5.65 Å². The van der Waals surface area contributed by atoms with Gasteiger partial charge in [0.25, 0.3) is 0 Å². The number of amides is 1. The molecule has 174 valence electrons. The summed E-state index contributed by atoms with van der Waals surface area (Å²) in [5.74, 6) is 2.28. The van der Waals surface area contributed by atoms with Gasteiger partial charge in [0, 0.05) is 39.0 Å². The average Bonchev–Trinajstić information content (AvgIpc) is 3.28. The molecule has 1 saturated heterocycles. The lowest BCUT2D eigenvalue weighted by Crippen LogP contribution is -2.49. The summed E-state index contributed by atoms with van der Waals surface area (Å²) in [4.78, 5) is 26.7. The quantitative estimate of drug-likeness (QED) is 0.439. The Morgan fingerprint density at radius 3 is 2.26 bits per heavy atom. The van der Waals surface area contributed by atoms with Gasteiger partial charge < -0.3 is 9.80 Å². The zero-order valence-electron chi connectivity index (χ0n) is 19.8. The molecule has 1 aliphatic heterocycles. The monoisotopic (exact) mass is 454 g/mol. The van der Waals surface area contributed by atoms with Crippen molar-refractivity contribution in [1.29, 1.82) is 0 Å². The lowest BCUT2D eigenvalue weighted by molar-refractivity contribution is -0.132. The topological polar surface area (TPSA) is 67.2 Å². The number of rotatable bonds is 6. The maximum Gasteiger partial charge on any atom is 0.222 e. The Bertz CT molecular complexity index is 1260. The summed E-state index contributed by atoms with van der Waals surface area (Å²) in [6.07, 6.45) is 3.11. The molecule has 7 nitrogen and oxygen atoms in total. The minimum Gasteiger partial charge on any atom is -0.352 e. The molecule has 0 radical (unpaired) electrons. The van der Waals surface area contributed by atoms with Gasteiger partial charge in [-0.15, -0.1) is 0 Å². The Hall–Kier alpha value is -3.74. The smallest absolute Gasteiger partial charge is 0.222 e. The summed E-state index contributed by atoms with van der Waals surface area (Å²) in [6, 6.07) is 20.4. The van der Waals surface area contributed by atoms with E-state index in [1.54, 1.807) is 0 Å². The predicted octanol–water partition coefficient (Wildman–Crippen LogP) is 4.10. The standard InChI is InChI=1S/C27H30N6O/c1-20(2)17-25(34)31-13-15-32(16-14-31)26-23-19-28-33(22-11-7-4-8-12-22)27(23)30-24(29-26)18-21-9-5-3-6-10-21/h3-12,19-20H,13-18H2,1-2H3. The second-order valence-corrected chi connectivity index (χ2v) is 9.22. The molecule has 2 aromatic carbocycles. The van der Waals surface area contributed by atoms with Crippen LogP contribution in [0.2, 0.25) is 0 Å². The van der Waals surface area contributed by atoms with Crippen molar-refractivity contribution in [3.8, 4) is 5.69 Å². The SMILES string of the molecule is CC(C)CC(=O)N1CCN(c2nc(Cc3ccccc3)nc3c2cnn3-c2ccccc2)CC1. The van der Waals surface area contributed by atoms with Crippen LogP contribution in [0.15, 0.2) is 66.9 Å². The van der Waals surface area contributed by atoms with Crippen LogP contribution in [0, 0.1) is 5.92 Å². The lowest BCUT2D eigenvalue weighted by Gasteiger charge is -2.36. The Balaban J connectivity index is 1.49. The fraction of sp³-hybridized carbons (Fsp3) is 0.333. The van der Waals surface area contributed by atoms with Crippen LogP contribution in [-0.4, -0.2) is 56.7 Å². The first-order valence-electron chi connectivity index (χ1n) is 11.9. The van der Waals surface area contributed by atoms with E-state index in [2.05, 4.69) is 36.0 Å². The average molecular weight is 455 g/mol. The molecule has 0 N–H and O–H groups in total. The van der Waals surface area contributed by atoms with Crippen molar-refractivity contribution >= 4 is 22.8 Å². The number of carbonyl (C=O) groups excluding carboxylic acids is 1. The predicted molar refractivity (Wildman–Crippen MR) is 134 cm³/mol. The van der Waals surface area contributed by atoms with Gasteiger partial charge in [-0.3, -0.25) is 4.79 Å². The highest BCUT2D eigenvalue weighted by Crippen LogP contribution is 2.27. The number of piperazine rings is 1.